The Morgan fingerprint density at radius 2 is 1.79 bits per heavy atom. The number of carbonyl (C=O) groups excluding carboxylic acids is 1. The monoisotopic (exact) mass is 330 g/mol. The topological polar surface area (TPSA) is 85.1 Å². The Labute approximate surface area is 139 Å². The van der Waals surface area contributed by atoms with Gasteiger partial charge in [0, 0.05) is 44.2 Å². The number of nitrogens with zero attached hydrogens (tertiary/aromatic N) is 2. The van der Waals surface area contributed by atoms with Crippen molar-refractivity contribution < 1.29 is 4.79 Å². The van der Waals surface area contributed by atoms with Crippen molar-refractivity contribution in [3.8, 4) is 0 Å². The van der Waals surface area contributed by atoms with Crippen molar-refractivity contribution in [1.29, 1.82) is 0 Å². The zero-order chi connectivity index (χ0) is 18.0. The van der Waals surface area contributed by atoms with Gasteiger partial charge in [-0.2, -0.15) is 0 Å². The highest BCUT2D eigenvalue weighted by Gasteiger charge is 2.10. The van der Waals surface area contributed by atoms with Crippen LogP contribution in [0.2, 0.25) is 0 Å². The standard InChI is InChI=1S/C17H22N4O3/c1-10-6-7-14(11(2)16(10)19-12(3)22)18-9-13-8-15(23)21(5)17(24)20(13)4/h6-8,18H,9H2,1-5H3,(H,19,22). The normalized spacial score (nSPS) is 10.5. The summed E-state index contributed by atoms with van der Waals surface area (Å²) in [6.07, 6.45) is 0. The minimum Gasteiger partial charge on any atom is -0.379 e. The first kappa shape index (κ1) is 17.5. The maximum Gasteiger partial charge on any atom is 0.330 e. The quantitative estimate of drug-likeness (QED) is 0.884. The third-order valence-electron chi connectivity index (χ3n) is 4.06. The SMILES string of the molecule is CC(=O)Nc1c(C)ccc(NCc2cc(=O)n(C)c(=O)n2C)c1C. The molecule has 0 aliphatic carbocycles. The summed E-state index contributed by atoms with van der Waals surface area (Å²) in [5, 5.41) is 6.06. The molecule has 0 radical (unpaired) electrons. The van der Waals surface area contributed by atoms with Gasteiger partial charge in [0.15, 0.2) is 0 Å². The van der Waals surface area contributed by atoms with Crippen molar-refractivity contribution >= 4 is 17.3 Å². The lowest BCUT2D eigenvalue weighted by Crippen LogP contribution is -2.38. The van der Waals surface area contributed by atoms with Crippen LogP contribution in [-0.2, 0) is 25.4 Å². The van der Waals surface area contributed by atoms with Gasteiger partial charge < -0.3 is 10.6 Å². The molecule has 1 amide bonds. The molecule has 0 unspecified atom stereocenters. The van der Waals surface area contributed by atoms with Crippen LogP contribution in [0, 0.1) is 13.8 Å². The third-order valence-corrected chi connectivity index (χ3v) is 4.06. The lowest BCUT2D eigenvalue weighted by molar-refractivity contribution is -0.114. The molecule has 0 bridgehead atoms. The highest BCUT2D eigenvalue weighted by atomic mass is 16.2. The van der Waals surface area contributed by atoms with Crippen molar-refractivity contribution in [2.75, 3.05) is 10.6 Å². The second-order valence-corrected chi connectivity index (χ2v) is 5.84. The fourth-order valence-corrected chi connectivity index (χ4v) is 2.54. The van der Waals surface area contributed by atoms with Crippen LogP contribution in [0.15, 0.2) is 27.8 Å². The van der Waals surface area contributed by atoms with Gasteiger partial charge in [-0.05, 0) is 31.0 Å². The number of rotatable bonds is 4. The van der Waals surface area contributed by atoms with Gasteiger partial charge in [-0.25, -0.2) is 4.79 Å². The number of carbonyl (C=O) groups is 1. The molecule has 1 aromatic heterocycles. The Bertz CT molecular complexity index is 909. The van der Waals surface area contributed by atoms with Gasteiger partial charge in [0.2, 0.25) is 5.91 Å². The lowest BCUT2D eigenvalue weighted by Gasteiger charge is -2.17. The van der Waals surface area contributed by atoms with E-state index in [0.29, 0.717) is 12.2 Å². The average Bonchev–Trinajstić information content (AvgIpc) is 2.52. The number of aromatic nitrogens is 2. The molecular weight excluding hydrogens is 308 g/mol. The predicted octanol–water partition coefficient (Wildman–Crippen LogP) is 1.27. The van der Waals surface area contributed by atoms with Crippen molar-refractivity contribution in [2.24, 2.45) is 14.1 Å². The van der Waals surface area contributed by atoms with E-state index in [9.17, 15) is 14.4 Å². The van der Waals surface area contributed by atoms with E-state index in [0.717, 1.165) is 27.1 Å². The fourth-order valence-electron chi connectivity index (χ4n) is 2.54. The molecule has 0 fully saturated rings. The van der Waals surface area contributed by atoms with E-state index < -0.39 is 0 Å². The Hall–Kier alpha value is -2.83. The minimum absolute atomic E-state index is 0.132. The molecule has 0 aliphatic heterocycles. The zero-order valence-electron chi connectivity index (χ0n) is 14.6. The smallest absolute Gasteiger partial charge is 0.330 e. The summed E-state index contributed by atoms with van der Waals surface area (Å²) in [6, 6.07) is 5.26. The van der Waals surface area contributed by atoms with Gasteiger partial charge in [0.05, 0.1) is 6.54 Å². The van der Waals surface area contributed by atoms with Crippen LogP contribution in [0.25, 0.3) is 0 Å². The molecule has 2 rings (SSSR count). The van der Waals surface area contributed by atoms with E-state index in [1.165, 1.54) is 24.6 Å². The molecule has 24 heavy (non-hydrogen) atoms. The number of amides is 1. The summed E-state index contributed by atoms with van der Waals surface area (Å²) in [5.41, 5.74) is 3.36. The first-order valence-electron chi connectivity index (χ1n) is 7.60. The van der Waals surface area contributed by atoms with Gasteiger partial charge >= 0.3 is 5.69 Å². The van der Waals surface area contributed by atoms with Gasteiger partial charge in [-0.3, -0.25) is 18.7 Å². The average molecular weight is 330 g/mol. The summed E-state index contributed by atoms with van der Waals surface area (Å²) in [4.78, 5) is 35.1. The fraction of sp³-hybridized carbons (Fsp3) is 0.353. The van der Waals surface area contributed by atoms with Gasteiger partial charge in [-0.15, -0.1) is 0 Å². The van der Waals surface area contributed by atoms with Crippen LogP contribution >= 0.6 is 0 Å². The number of nitrogens with one attached hydrogen (secondary N) is 2. The summed E-state index contributed by atoms with van der Waals surface area (Å²) in [5.74, 6) is -0.132. The van der Waals surface area contributed by atoms with Crippen LogP contribution in [0.3, 0.4) is 0 Å². The van der Waals surface area contributed by atoms with Crippen LogP contribution in [-0.4, -0.2) is 15.0 Å². The maximum atomic E-state index is 12.0. The number of aryl methyl sites for hydroxylation is 1. The van der Waals surface area contributed by atoms with Gasteiger partial charge in [0.25, 0.3) is 5.56 Å². The maximum absolute atomic E-state index is 12.0. The third kappa shape index (κ3) is 3.40. The predicted molar refractivity (Wildman–Crippen MR) is 94.5 cm³/mol. The van der Waals surface area contributed by atoms with Gasteiger partial charge in [-0.1, -0.05) is 6.07 Å². The Balaban J connectivity index is 2.32. The zero-order valence-corrected chi connectivity index (χ0v) is 14.6. The number of anilines is 2. The summed E-state index contributed by atoms with van der Waals surface area (Å²) >= 11 is 0. The molecular formula is C17H22N4O3. The second kappa shape index (κ2) is 6.74. The van der Waals surface area contributed by atoms with Crippen LogP contribution in [0.5, 0.6) is 0 Å². The van der Waals surface area contributed by atoms with E-state index in [1.54, 1.807) is 7.05 Å². The van der Waals surface area contributed by atoms with Gasteiger partial charge in [0.1, 0.15) is 0 Å². The van der Waals surface area contributed by atoms with Crippen molar-refractivity contribution in [3.05, 3.63) is 55.9 Å². The number of hydrogen-bond acceptors (Lipinski definition) is 4. The highest BCUT2D eigenvalue weighted by molar-refractivity contribution is 5.91. The van der Waals surface area contributed by atoms with E-state index in [4.69, 9.17) is 0 Å². The molecule has 1 heterocycles. The molecule has 0 aliphatic rings. The number of benzene rings is 1. The minimum atomic E-state index is -0.362. The van der Waals surface area contributed by atoms with Crippen LogP contribution < -0.4 is 21.9 Å². The lowest BCUT2D eigenvalue weighted by atomic mass is 10.1. The molecule has 7 heteroatoms. The molecule has 7 nitrogen and oxygen atoms in total. The van der Waals surface area contributed by atoms with E-state index in [2.05, 4.69) is 10.6 Å². The molecule has 0 saturated heterocycles. The van der Waals surface area contributed by atoms with Crippen LogP contribution in [0.1, 0.15) is 23.7 Å². The van der Waals surface area contributed by atoms with Crippen LogP contribution in [0.4, 0.5) is 11.4 Å². The number of hydrogen-bond donors (Lipinski definition) is 2. The summed E-state index contributed by atoms with van der Waals surface area (Å²) in [6.45, 7) is 5.62. The van der Waals surface area contributed by atoms with Crippen molar-refractivity contribution in [1.82, 2.24) is 9.13 Å². The highest BCUT2D eigenvalue weighted by Crippen LogP contribution is 2.27. The Morgan fingerprint density at radius 3 is 2.42 bits per heavy atom. The molecule has 2 N–H and O–H groups in total. The van der Waals surface area contributed by atoms with E-state index in [-0.39, 0.29) is 17.2 Å². The van der Waals surface area contributed by atoms with Crippen molar-refractivity contribution in [3.63, 3.8) is 0 Å². The molecule has 1 aromatic carbocycles. The molecule has 0 saturated carbocycles. The molecule has 0 spiro atoms. The molecule has 0 atom stereocenters. The molecule has 128 valence electrons. The largest absolute Gasteiger partial charge is 0.379 e. The summed E-state index contributed by atoms with van der Waals surface area (Å²) in [7, 11) is 3.08. The Kier molecular flexibility index (Phi) is 4.92. The van der Waals surface area contributed by atoms with Crippen molar-refractivity contribution in [2.45, 2.75) is 27.3 Å². The molecule has 2 aromatic rings. The summed E-state index contributed by atoms with van der Waals surface area (Å²) < 4.78 is 2.50. The second-order valence-electron chi connectivity index (χ2n) is 5.84. The Morgan fingerprint density at radius 1 is 1.12 bits per heavy atom. The first-order valence-corrected chi connectivity index (χ1v) is 7.60. The van der Waals surface area contributed by atoms with E-state index in [1.807, 2.05) is 26.0 Å². The van der Waals surface area contributed by atoms with E-state index >= 15 is 0 Å². The first-order chi connectivity index (χ1) is 11.2.